The first-order valence-corrected chi connectivity index (χ1v) is 12.4. The van der Waals surface area contributed by atoms with Crippen molar-refractivity contribution in [2.75, 3.05) is 50.6 Å². The van der Waals surface area contributed by atoms with Crippen LogP contribution in [0.15, 0.2) is 65.2 Å². The molecule has 1 aliphatic heterocycles. The molecule has 0 radical (unpaired) electrons. The van der Waals surface area contributed by atoms with Gasteiger partial charge < -0.3 is 24.4 Å². The normalized spacial score (nSPS) is 14.0. The maximum Gasteiger partial charge on any atom is 0.257 e. The number of hydrogen-bond acceptors (Lipinski definition) is 7. The van der Waals surface area contributed by atoms with Gasteiger partial charge in [-0.25, -0.2) is 0 Å². The van der Waals surface area contributed by atoms with Crippen LogP contribution in [-0.2, 0) is 0 Å². The largest absolute Gasteiger partial charge is 0.495 e. The van der Waals surface area contributed by atoms with Crippen LogP contribution in [0.3, 0.4) is 0 Å². The van der Waals surface area contributed by atoms with Crippen LogP contribution in [0, 0.1) is 13.8 Å². The molecular formula is C29H31N5O3. The molecule has 0 aliphatic carbocycles. The highest BCUT2D eigenvalue weighted by Gasteiger charge is 2.19. The molecule has 1 saturated heterocycles. The number of piperazine rings is 1. The van der Waals surface area contributed by atoms with Gasteiger partial charge in [-0.15, -0.1) is 0 Å². The van der Waals surface area contributed by atoms with E-state index in [0.717, 1.165) is 65.6 Å². The van der Waals surface area contributed by atoms with Crippen molar-refractivity contribution in [2.45, 2.75) is 13.8 Å². The van der Waals surface area contributed by atoms with E-state index < -0.39 is 0 Å². The summed E-state index contributed by atoms with van der Waals surface area (Å²) in [6.45, 7) is 7.66. The van der Waals surface area contributed by atoms with E-state index in [-0.39, 0.29) is 5.91 Å². The van der Waals surface area contributed by atoms with Crippen LogP contribution in [0.2, 0.25) is 0 Å². The average Bonchev–Trinajstić information content (AvgIpc) is 3.35. The number of methoxy groups -OCH3 is 1. The number of nitrogens with one attached hydrogen (secondary N) is 1. The third-order valence-corrected chi connectivity index (χ3v) is 6.74. The van der Waals surface area contributed by atoms with Gasteiger partial charge in [-0.05, 0) is 80.1 Å². The minimum atomic E-state index is -0.153. The molecule has 0 atom stereocenters. The quantitative estimate of drug-likeness (QED) is 0.400. The zero-order chi connectivity index (χ0) is 25.9. The minimum absolute atomic E-state index is 0.153. The van der Waals surface area contributed by atoms with Gasteiger partial charge in [0.25, 0.3) is 11.8 Å². The van der Waals surface area contributed by atoms with E-state index in [4.69, 9.17) is 9.26 Å². The predicted octanol–water partition coefficient (Wildman–Crippen LogP) is 5.03. The summed E-state index contributed by atoms with van der Waals surface area (Å²) < 4.78 is 10.9. The molecule has 0 saturated carbocycles. The van der Waals surface area contributed by atoms with E-state index in [0.29, 0.717) is 17.3 Å². The number of rotatable bonds is 6. The van der Waals surface area contributed by atoms with Gasteiger partial charge in [0.15, 0.2) is 5.82 Å². The minimum Gasteiger partial charge on any atom is -0.495 e. The first-order valence-electron chi connectivity index (χ1n) is 12.4. The van der Waals surface area contributed by atoms with Gasteiger partial charge >= 0.3 is 0 Å². The molecule has 0 unspecified atom stereocenters. The second-order valence-corrected chi connectivity index (χ2v) is 9.38. The molecule has 3 aromatic carbocycles. The molecule has 2 heterocycles. The standard InChI is InChI=1S/C29H31N5O3/c1-19-17-23(29-30-20(2)32-37-29)9-11-25(19)21-5-7-22(8-6-21)28(35)31-24-10-12-27(36-4)26(18-24)34-15-13-33(3)14-16-34/h5-12,17-18H,13-16H2,1-4H3,(H,31,35). The van der Waals surface area contributed by atoms with Crippen molar-refractivity contribution < 1.29 is 14.1 Å². The van der Waals surface area contributed by atoms with Crippen molar-refractivity contribution in [3.05, 3.63) is 77.6 Å². The summed E-state index contributed by atoms with van der Waals surface area (Å²) in [5, 5.41) is 6.91. The molecule has 1 N–H and O–H groups in total. The van der Waals surface area contributed by atoms with Crippen LogP contribution < -0.4 is 15.0 Å². The smallest absolute Gasteiger partial charge is 0.257 e. The van der Waals surface area contributed by atoms with Gasteiger partial charge in [0.1, 0.15) is 5.75 Å². The fraction of sp³-hybridized carbons (Fsp3) is 0.276. The highest BCUT2D eigenvalue weighted by atomic mass is 16.5. The van der Waals surface area contributed by atoms with Crippen LogP contribution in [0.25, 0.3) is 22.6 Å². The molecule has 1 amide bonds. The number of anilines is 2. The Morgan fingerprint density at radius 1 is 0.946 bits per heavy atom. The average molecular weight is 498 g/mol. The molecule has 1 aromatic heterocycles. The molecule has 1 aliphatic rings. The number of hydrogen-bond donors (Lipinski definition) is 1. The number of carbonyl (C=O) groups excluding carboxylic acids is 1. The second kappa shape index (κ2) is 10.4. The summed E-state index contributed by atoms with van der Waals surface area (Å²) >= 11 is 0. The Morgan fingerprint density at radius 3 is 2.32 bits per heavy atom. The Kier molecular flexibility index (Phi) is 6.92. The molecule has 8 heteroatoms. The molecule has 190 valence electrons. The monoisotopic (exact) mass is 497 g/mol. The number of aryl methyl sites for hydroxylation is 2. The van der Waals surface area contributed by atoms with Crippen molar-refractivity contribution in [2.24, 2.45) is 0 Å². The Morgan fingerprint density at radius 2 is 1.68 bits per heavy atom. The van der Waals surface area contributed by atoms with E-state index in [1.807, 2.05) is 67.6 Å². The number of amides is 1. The first-order chi connectivity index (χ1) is 17.9. The molecule has 8 nitrogen and oxygen atoms in total. The van der Waals surface area contributed by atoms with Gasteiger partial charge in [0.2, 0.25) is 0 Å². The van der Waals surface area contributed by atoms with Crippen molar-refractivity contribution >= 4 is 17.3 Å². The Balaban J connectivity index is 1.30. The van der Waals surface area contributed by atoms with Gasteiger partial charge in [-0.2, -0.15) is 4.98 Å². The number of aromatic nitrogens is 2. The highest BCUT2D eigenvalue weighted by Crippen LogP contribution is 2.32. The summed E-state index contributed by atoms with van der Waals surface area (Å²) in [5.41, 5.74) is 6.41. The maximum absolute atomic E-state index is 13.0. The van der Waals surface area contributed by atoms with Gasteiger partial charge in [0.05, 0.1) is 12.8 Å². The zero-order valence-electron chi connectivity index (χ0n) is 21.6. The first kappa shape index (κ1) is 24.5. The summed E-state index contributed by atoms with van der Waals surface area (Å²) in [5.74, 6) is 1.77. The lowest BCUT2D eigenvalue weighted by atomic mass is 9.97. The van der Waals surface area contributed by atoms with E-state index in [1.54, 1.807) is 14.0 Å². The summed E-state index contributed by atoms with van der Waals surface area (Å²) in [6.07, 6.45) is 0. The summed E-state index contributed by atoms with van der Waals surface area (Å²) in [6, 6.07) is 19.5. The second-order valence-electron chi connectivity index (χ2n) is 9.38. The lowest BCUT2D eigenvalue weighted by Crippen LogP contribution is -2.44. The lowest BCUT2D eigenvalue weighted by molar-refractivity contribution is 0.102. The molecule has 37 heavy (non-hydrogen) atoms. The maximum atomic E-state index is 13.0. The van der Waals surface area contributed by atoms with E-state index in [2.05, 4.69) is 32.3 Å². The van der Waals surface area contributed by atoms with Gasteiger partial charge in [-0.3, -0.25) is 4.79 Å². The third kappa shape index (κ3) is 5.34. The van der Waals surface area contributed by atoms with Crippen molar-refractivity contribution in [3.8, 4) is 28.3 Å². The number of nitrogens with zero attached hydrogens (tertiary/aromatic N) is 4. The molecule has 0 spiro atoms. The van der Waals surface area contributed by atoms with Gasteiger partial charge in [0, 0.05) is 43.0 Å². The third-order valence-electron chi connectivity index (χ3n) is 6.74. The highest BCUT2D eigenvalue weighted by molar-refractivity contribution is 6.04. The van der Waals surface area contributed by atoms with Crippen LogP contribution in [0.1, 0.15) is 21.7 Å². The predicted molar refractivity (Wildman–Crippen MR) is 145 cm³/mol. The molecule has 0 bridgehead atoms. The lowest BCUT2D eigenvalue weighted by Gasteiger charge is -2.34. The van der Waals surface area contributed by atoms with E-state index in [1.165, 1.54) is 0 Å². The van der Waals surface area contributed by atoms with Crippen molar-refractivity contribution in [1.29, 1.82) is 0 Å². The van der Waals surface area contributed by atoms with Crippen LogP contribution in [0.4, 0.5) is 11.4 Å². The fourth-order valence-corrected chi connectivity index (χ4v) is 4.60. The SMILES string of the molecule is COc1ccc(NC(=O)c2ccc(-c3ccc(-c4nc(C)no4)cc3C)cc2)cc1N1CCN(C)CC1. The Labute approximate surface area is 216 Å². The zero-order valence-corrected chi connectivity index (χ0v) is 21.6. The van der Waals surface area contributed by atoms with Crippen LogP contribution >= 0.6 is 0 Å². The van der Waals surface area contributed by atoms with Crippen LogP contribution in [-0.4, -0.2) is 61.3 Å². The van der Waals surface area contributed by atoms with E-state index in [9.17, 15) is 4.79 Å². The van der Waals surface area contributed by atoms with Crippen molar-refractivity contribution in [3.63, 3.8) is 0 Å². The number of carbonyl (C=O) groups is 1. The Hall–Kier alpha value is -4.17. The van der Waals surface area contributed by atoms with Crippen LogP contribution in [0.5, 0.6) is 5.75 Å². The number of benzene rings is 3. The molecule has 4 aromatic rings. The molecule has 5 rings (SSSR count). The molecule has 1 fully saturated rings. The van der Waals surface area contributed by atoms with Gasteiger partial charge in [-0.1, -0.05) is 23.4 Å². The Bertz CT molecular complexity index is 1410. The number of ether oxygens (including phenoxy) is 1. The van der Waals surface area contributed by atoms with Crippen molar-refractivity contribution in [1.82, 2.24) is 15.0 Å². The summed E-state index contributed by atoms with van der Waals surface area (Å²) in [7, 11) is 3.81. The fourth-order valence-electron chi connectivity index (χ4n) is 4.60. The van der Waals surface area contributed by atoms with E-state index >= 15 is 0 Å². The topological polar surface area (TPSA) is 83.7 Å². The number of likely N-dealkylation sites (N-methyl/N-ethyl adjacent to an activating group) is 1. The molecular weight excluding hydrogens is 466 g/mol. The summed E-state index contributed by atoms with van der Waals surface area (Å²) in [4.78, 5) is 21.9.